The lowest BCUT2D eigenvalue weighted by Crippen LogP contribution is -2.27. The molecule has 0 N–H and O–H groups in total. The Bertz CT molecular complexity index is 907. The van der Waals surface area contributed by atoms with Gasteiger partial charge in [-0.15, -0.1) is 0 Å². The average molecular weight is 408 g/mol. The number of esters is 1. The molecule has 0 atom stereocenters. The molecule has 0 bridgehead atoms. The minimum absolute atomic E-state index is 0.0967. The minimum Gasteiger partial charge on any atom is -0.482 e. The van der Waals surface area contributed by atoms with Gasteiger partial charge in [-0.05, 0) is 69.7 Å². The monoisotopic (exact) mass is 407 g/mol. The van der Waals surface area contributed by atoms with E-state index in [4.69, 9.17) is 9.47 Å². The number of benzene rings is 3. The molecule has 29 heavy (non-hydrogen) atoms. The maximum absolute atomic E-state index is 11.9. The summed E-state index contributed by atoms with van der Waals surface area (Å²) in [5, 5.41) is 0. The van der Waals surface area contributed by atoms with Gasteiger partial charge in [-0.2, -0.15) is 0 Å². The number of ether oxygens (including phenoxy) is 2. The zero-order chi connectivity index (χ0) is 20.9. The van der Waals surface area contributed by atoms with Crippen molar-refractivity contribution in [2.75, 3.05) is 6.61 Å². The van der Waals surface area contributed by atoms with Crippen LogP contribution in [0.2, 0.25) is 0 Å². The molecule has 3 nitrogen and oxygen atoms in total. The van der Waals surface area contributed by atoms with Crippen molar-refractivity contribution in [1.82, 2.24) is 0 Å². The molecular weight excluding hydrogens is 380 g/mol. The summed E-state index contributed by atoms with van der Waals surface area (Å²) in [6, 6.07) is 27.2. The first-order valence-corrected chi connectivity index (χ1v) is 10.9. The van der Waals surface area contributed by atoms with Crippen LogP contribution in [0.3, 0.4) is 0 Å². The summed E-state index contributed by atoms with van der Waals surface area (Å²) in [6.07, 6.45) is 0. The van der Waals surface area contributed by atoms with Crippen LogP contribution in [0.5, 0.6) is 5.75 Å². The maximum Gasteiger partial charge on any atom is 0.344 e. The molecular formula is C25H27O3S+. The van der Waals surface area contributed by atoms with Crippen LogP contribution in [0.1, 0.15) is 26.3 Å². The van der Waals surface area contributed by atoms with E-state index in [1.807, 2.05) is 45.9 Å². The van der Waals surface area contributed by atoms with Crippen LogP contribution in [0.25, 0.3) is 0 Å². The Hall–Kier alpha value is -2.72. The van der Waals surface area contributed by atoms with Crippen molar-refractivity contribution in [1.29, 1.82) is 0 Å². The predicted octanol–water partition coefficient (Wildman–Crippen LogP) is 5.81. The van der Waals surface area contributed by atoms with Crippen LogP contribution >= 0.6 is 0 Å². The highest BCUT2D eigenvalue weighted by atomic mass is 32.2. The van der Waals surface area contributed by atoms with Gasteiger partial charge >= 0.3 is 5.97 Å². The van der Waals surface area contributed by atoms with E-state index in [9.17, 15) is 4.79 Å². The fourth-order valence-electron chi connectivity index (χ4n) is 2.94. The second kappa shape index (κ2) is 9.19. The molecule has 0 aliphatic heterocycles. The maximum atomic E-state index is 11.9. The molecule has 0 aliphatic carbocycles. The summed E-state index contributed by atoms with van der Waals surface area (Å²) >= 11 is 0. The largest absolute Gasteiger partial charge is 0.482 e. The van der Waals surface area contributed by atoms with Crippen LogP contribution in [0.4, 0.5) is 0 Å². The fourth-order valence-corrected chi connectivity index (χ4v) is 5.11. The molecule has 0 saturated carbocycles. The van der Waals surface area contributed by atoms with Crippen molar-refractivity contribution in [3.8, 4) is 5.75 Å². The van der Waals surface area contributed by atoms with Gasteiger partial charge in [0, 0.05) is 6.07 Å². The highest BCUT2D eigenvalue weighted by molar-refractivity contribution is 7.97. The summed E-state index contributed by atoms with van der Waals surface area (Å²) in [5.74, 6) is 0.332. The first kappa shape index (κ1) is 21.0. The molecule has 0 spiro atoms. The lowest BCUT2D eigenvalue weighted by molar-refractivity contribution is -0.157. The molecule has 0 heterocycles. The van der Waals surface area contributed by atoms with Crippen molar-refractivity contribution in [2.24, 2.45) is 0 Å². The molecule has 0 aliphatic rings. The van der Waals surface area contributed by atoms with E-state index in [1.54, 1.807) is 0 Å². The van der Waals surface area contributed by atoms with Crippen molar-refractivity contribution < 1.29 is 14.3 Å². The number of hydrogen-bond acceptors (Lipinski definition) is 3. The summed E-state index contributed by atoms with van der Waals surface area (Å²) in [6.45, 7) is 7.45. The third kappa shape index (κ3) is 5.88. The van der Waals surface area contributed by atoms with Gasteiger partial charge in [-0.25, -0.2) is 4.79 Å². The molecule has 0 radical (unpaired) electrons. The molecule has 4 heteroatoms. The predicted molar refractivity (Wildman–Crippen MR) is 118 cm³/mol. The standard InChI is InChI=1S/C25H27O3S/c1-19-17-22(15-16-23(19)27-18-24(26)28-25(2,3)4)29(20-11-7-5-8-12-20)21-13-9-6-10-14-21/h5-17H,18H2,1-4H3/q+1. The van der Waals surface area contributed by atoms with Gasteiger partial charge in [0.2, 0.25) is 0 Å². The van der Waals surface area contributed by atoms with Crippen molar-refractivity contribution in [3.05, 3.63) is 84.4 Å². The summed E-state index contributed by atoms with van der Waals surface area (Å²) in [7, 11) is -0.206. The Morgan fingerprint density at radius 1 is 0.828 bits per heavy atom. The lowest BCUT2D eigenvalue weighted by atomic mass is 10.2. The second-order valence-corrected chi connectivity index (χ2v) is 9.76. The van der Waals surface area contributed by atoms with Crippen molar-refractivity contribution >= 4 is 16.9 Å². The highest BCUT2D eigenvalue weighted by Gasteiger charge is 2.29. The molecule has 0 fully saturated rings. The van der Waals surface area contributed by atoms with Gasteiger partial charge in [0.1, 0.15) is 11.4 Å². The topological polar surface area (TPSA) is 35.5 Å². The van der Waals surface area contributed by atoms with Gasteiger partial charge in [0.05, 0.1) is 10.9 Å². The minimum atomic E-state index is -0.515. The number of carbonyl (C=O) groups is 1. The Morgan fingerprint density at radius 3 is 1.86 bits per heavy atom. The second-order valence-electron chi connectivity index (χ2n) is 7.73. The average Bonchev–Trinajstić information content (AvgIpc) is 2.68. The molecule has 3 aromatic rings. The van der Waals surface area contributed by atoms with E-state index in [1.165, 1.54) is 14.7 Å². The van der Waals surface area contributed by atoms with E-state index in [0.29, 0.717) is 5.75 Å². The van der Waals surface area contributed by atoms with Gasteiger partial charge in [0.25, 0.3) is 0 Å². The Kier molecular flexibility index (Phi) is 6.65. The van der Waals surface area contributed by atoms with Crippen molar-refractivity contribution in [3.63, 3.8) is 0 Å². The summed E-state index contributed by atoms with van der Waals surface area (Å²) < 4.78 is 11.0. The third-order valence-corrected chi connectivity index (χ3v) is 6.32. The third-order valence-electron chi connectivity index (χ3n) is 4.11. The zero-order valence-electron chi connectivity index (χ0n) is 17.3. The number of rotatable bonds is 6. The normalized spacial score (nSPS) is 11.3. The van der Waals surface area contributed by atoms with Crippen LogP contribution < -0.4 is 4.74 Å². The lowest BCUT2D eigenvalue weighted by Gasteiger charge is -2.19. The smallest absolute Gasteiger partial charge is 0.344 e. The number of carbonyl (C=O) groups excluding carboxylic acids is 1. The van der Waals surface area contributed by atoms with Gasteiger partial charge in [-0.3, -0.25) is 0 Å². The molecule has 0 unspecified atom stereocenters. The van der Waals surface area contributed by atoms with E-state index in [-0.39, 0.29) is 23.5 Å². The van der Waals surface area contributed by atoms with Crippen LogP contribution in [0, 0.1) is 6.92 Å². The molecule has 150 valence electrons. The van der Waals surface area contributed by atoms with E-state index >= 15 is 0 Å². The Labute approximate surface area is 176 Å². The number of hydrogen-bond donors (Lipinski definition) is 0. The molecule has 0 amide bonds. The highest BCUT2D eigenvalue weighted by Crippen LogP contribution is 2.33. The fraction of sp³-hybridized carbons (Fsp3) is 0.240. The van der Waals surface area contributed by atoms with Crippen LogP contribution in [-0.2, 0) is 20.4 Å². The van der Waals surface area contributed by atoms with Gasteiger partial charge in [0.15, 0.2) is 21.3 Å². The van der Waals surface area contributed by atoms with E-state index in [0.717, 1.165) is 5.56 Å². The Morgan fingerprint density at radius 2 is 1.38 bits per heavy atom. The molecule has 0 saturated heterocycles. The first-order chi connectivity index (χ1) is 13.8. The van der Waals surface area contributed by atoms with E-state index in [2.05, 4.69) is 60.7 Å². The first-order valence-electron chi connectivity index (χ1n) is 9.63. The van der Waals surface area contributed by atoms with Crippen LogP contribution in [-0.4, -0.2) is 18.2 Å². The summed E-state index contributed by atoms with van der Waals surface area (Å²) in [5.41, 5.74) is 0.481. The van der Waals surface area contributed by atoms with Gasteiger partial charge in [-0.1, -0.05) is 36.4 Å². The Balaban J connectivity index is 1.84. The SMILES string of the molecule is Cc1cc([S+](c2ccccc2)c2ccccc2)ccc1OCC(=O)OC(C)(C)C. The quantitative estimate of drug-likeness (QED) is 0.382. The number of aryl methyl sites for hydroxylation is 1. The zero-order valence-corrected chi connectivity index (χ0v) is 18.2. The molecule has 3 rings (SSSR count). The van der Waals surface area contributed by atoms with Crippen molar-refractivity contribution in [2.45, 2.75) is 48.0 Å². The summed E-state index contributed by atoms with van der Waals surface area (Å²) in [4.78, 5) is 15.7. The van der Waals surface area contributed by atoms with Gasteiger partial charge < -0.3 is 9.47 Å². The molecule has 3 aromatic carbocycles. The molecule has 0 aromatic heterocycles. The van der Waals surface area contributed by atoms with Crippen LogP contribution in [0.15, 0.2) is 93.5 Å². The van der Waals surface area contributed by atoms with E-state index < -0.39 is 5.60 Å².